The summed E-state index contributed by atoms with van der Waals surface area (Å²) in [6.45, 7) is 4.70. The van der Waals surface area contributed by atoms with E-state index < -0.39 is 0 Å². The van der Waals surface area contributed by atoms with E-state index >= 15 is 0 Å². The molecule has 0 unspecified atom stereocenters. The van der Waals surface area contributed by atoms with Crippen molar-refractivity contribution in [1.29, 1.82) is 0 Å². The number of hydrogen-bond acceptors (Lipinski definition) is 2. The second-order valence-corrected chi connectivity index (χ2v) is 6.33. The summed E-state index contributed by atoms with van der Waals surface area (Å²) in [6.07, 6.45) is 7.11. The fourth-order valence-electron chi connectivity index (χ4n) is 2.92. The number of carbonyl (C=O) groups excluding carboxylic acids is 1. The number of aryl methyl sites for hydroxylation is 2. The highest BCUT2D eigenvalue weighted by molar-refractivity contribution is 5.78. The van der Waals surface area contributed by atoms with Crippen LogP contribution in [0.2, 0.25) is 0 Å². The molecule has 0 saturated carbocycles. The van der Waals surface area contributed by atoms with E-state index in [1.54, 1.807) is 0 Å². The van der Waals surface area contributed by atoms with Crippen LogP contribution in [-0.4, -0.2) is 18.0 Å². The summed E-state index contributed by atoms with van der Waals surface area (Å²) in [6, 6.07) is 6.50. The first-order chi connectivity index (χ1) is 10.1. The van der Waals surface area contributed by atoms with Crippen molar-refractivity contribution in [3.8, 4) is 0 Å². The summed E-state index contributed by atoms with van der Waals surface area (Å²) in [5, 5.41) is 2.99. The molecule has 21 heavy (non-hydrogen) atoms. The second kappa shape index (κ2) is 7.08. The lowest BCUT2D eigenvalue weighted by molar-refractivity contribution is -0.120. The summed E-state index contributed by atoms with van der Waals surface area (Å²) >= 11 is 0. The highest BCUT2D eigenvalue weighted by Gasteiger charge is 2.21. The topological polar surface area (TPSA) is 55.1 Å². The Morgan fingerprint density at radius 3 is 2.52 bits per heavy atom. The predicted octanol–water partition coefficient (Wildman–Crippen LogP) is 2.74. The molecule has 0 fully saturated rings. The van der Waals surface area contributed by atoms with Crippen LogP contribution in [0.4, 0.5) is 0 Å². The Labute approximate surface area is 128 Å². The van der Waals surface area contributed by atoms with Gasteiger partial charge in [-0.15, -0.1) is 0 Å². The van der Waals surface area contributed by atoms with E-state index in [0.29, 0.717) is 13.0 Å². The molecule has 0 radical (unpaired) electrons. The number of nitrogens with one attached hydrogen (secondary N) is 1. The monoisotopic (exact) mass is 288 g/mol. The predicted molar refractivity (Wildman–Crippen MR) is 87.3 cm³/mol. The number of nitrogens with two attached hydrogens (primary N) is 1. The van der Waals surface area contributed by atoms with E-state index in [4.69, 9.17) is 5.73 Å². The van der Waals surface area contributed by atoms with Crippen molar-refractivity contribution in [2.24, 2.45) is 5.73 Å². The lowest BCUT2D eigenvalue weighted by Crippen LogP contribution is -2.49. The highest BCUT2D eigenvalue weighted by atomic mass is 16.1. The summed E-state index contributed by atoms with van der Waals surface area (Å²) in [7, 11) is 0. The number of rotatable bonds is 6. The van der Waals surface area contributed by atoms with E-state index in [-0.39, 0.29) is 11.4 Å². The number of amides is 1. The molecule has 0 aromatic heterocycles. The molecular weight excluding hydrogens is 260 g/mol. The van der Waals surface area contributed by atoms with Crippen LogP contribution in [0.25, 0.3) is 0 Å². The summed E-state index contributed by atoms with van der Waals surface area (Å²) in [4.78, 5) is 12.1. The molecule has 3 N–H and O–H groups in total. The molecule has 0 spiro atoms. The molecule has 1 aromatic rings. The zero-order valence-corrected chi connectivity index (χ0v) is 13.4. The maximum absolute atomic E-state index is 12.1. The molecule has 0 aliphatic heterocycles. The van der Waals surface area contributed by atoms with Crippen LogP contribution < -0.4 is 11.1 Å². The minimum absolute atomic E-state index is 0.0717. The van der Waals surface area contributed by atoms with Gasteiger partial charge in [0.2, 0.25) is 5.91 Å². The lowest BCUT2D eigenvalue weighted by atomic mass is 9.90. The van der Waals surface area contributed by atoms with E-state index in [2.05, 4.69) is 37.4 Å². The molecular formula is C18H28N2O. The highest BCUT2D eigenvalue weighted by Crippen LogP contribution is 2.22. The van der Waals surface area contributed by atoms with Crippen LogP contribution in [0.15, 0.2) is 18.2 Å². The molecule has 3 heteroatoms. The SMILES string of the molecule is CCC(N)(CC)CNC(=O)Cc1ccc2c(c1)CCCC2. The minimum Gasteiger partial charge on any atom is -0.354 e. The van der Waals surface area contributed by atoms with E-state index in [1.165, 1.54) is 30.4 Å². The lowest BCUT2D eigenvalue weighted by Gasteiger charge is -2.26. The van der Waals surface area contributed by atoms with Crippen molar-refractivity contribution >= 4 is 5.91 Å². The van der Waals surface area contributed by atoms with Crippen molar-refractivity contribution in [2.45, 2.75) is 64.3 Å². The first kappa shape index (κ1) is 16.0. The van der Waals surface area contributed by atoms with Crippen LogP contribution in [-0.2, 0) is 24.1 Å². The van der Waals surface area contributed by atoms with Crippen LogP contribution in [0.5, 0.6) is 0 Å². The van der Waals surface area contributed by atoms with Gasteiger partial charge in [0, 0.05) is 12.1 Å². The summed E-state index contributed by atoms with van der Waals surface area (Å²) in [5.74, 6) is 0.0717. The fraction of sp³-hybridized carbons (Fsp3) is 0.611. The Bertz CT molecular complexity index is 492. The first-order valence-electron chi connectivity index (χ1n) is 8.22. The molecule has 1 aliphatic carbocycles. The van der Waals surface area contributed by atoms with Crippen molar-refractivity contribution < 1.29 is 4.79 Å². The molecule has 2 rings (SSSR count). The molecule has 1 aliphatic rings. The van der Waals surface area contributed by atoms with Crippen molar-refractivity contribution in [3.05, 3.63) is 34.9 Å². The maximum atomic E-state index is 12.1. The van der Waals surface area contributed by atoms with Crippen molar-refractivity contribution in [2.75, 3.05) is 6.54 Å². The van der Waals surface area contributed by atoms with Gasteiger partial charge in [-0.2, -0.15) is 0 Å². The Balaban J connectivity index is 1.91. The third-order valence-corrected chi connectivity index (χ3v) is 4.82. The van der Waals surface area contributed by atoms with Gasteiger partial charge in [-0.25, -0.2) is 0 Å². The molecule has 0 atom stereocenters. The van der Waals surface area contributed by atoms with E-state index in [9.17, 15) is 4.79 Å². The standard InChI is InChI=1S/C18H28N2O/c1-3-18(19,4-2)13-20-17(21)12-14-9-10-15-7-5-6-8-16(15)11-14/h9-11H,3-8,12-13,19H2,1-2H3,(H,20,21). The number of hydrogen-bond donors (Lipinski definition) is 2. The van der Waals surface area contributed by atoms with Crippen molar-refractivity contribution in [3.63, 3.8) is 0 Å². The minimum atomic E-state index is -0.272. The molecule has 1 aromatic carbocycles. The average molecular weight is 288 g/mol. The van der Waals surface area contributed by atoms with Gasteiger partial charge in [-0.3, -0.25) is 4.79 Å². The average Bonchev–Trinajstić information content (AvgIpc) is 2.52. The first-order valence-corrected chi connectivity index (χ1v) is 8.22. The molecule has 3 nitrogen and oxygen atoms in total. The van der Waals surface area contributed by atoms with Gasteiger partial charge < -0.3 is 11.1 Å². The molecule has 0 bridgehead atoms. The summed E-state index contributed by atoms with van der Waals surface area (Å²) < 4.78 is 0. The third kappa shape index (κ3) is 4.31. The van der Waals surface area contributed by atoms with E-state index in [0.717, 1.165) is 24.8 Å². The number of fused-ring (bicyclic) bond motifs is 1. The van der Waals surface area contributed by atoms with Crippen LogP contribution >= 0.6 is 0 Å². The van der Waals surface area contributed by atoms with Crippen LogP contribution in [0.1, 0.15) is 56.2 Å². The van der Waals surface area contributed by atoms with Gasteiger partial charge in [0.25, 0.3) is 0 Å². The Hall–Kier alpha value is -1.35. The number of carbonyl (C=O) groups is 1. The molecule has 0 saturated heterocycles. The molecule has 116 valence electrons. The zero-order valence-electron chi connectivity index (χ0n) is 13.4. The molecule has 0 heterocycles. The summed E-state index contributed by atoms with van der Waals surface area (Å²) in [5.41, 5.74) is 9.95. The fourth-order valence-corrected chi connectivity index (χ4v) is 2.92. The zero-order chi connectivity index (χ0) is 15.3. The smallest absolute Gasteiger partial charge is 0.224 e. The number of benzene rings is 1. The van der Waals surface area contributed by atoms with Crippen molar-refractivity contribution in [1.82, 2.24) is 5.32 Å². The maximum Gasteiger partial charge on any atom is 0.224 e. The van der Waals surface area contributed by atoms with Gasteiger partial charge in [0.15, 0.2) is 0 Å². The Morgan fingerprint density at radius 1 is 1.19 bits per heavy atom. The van der Waals surface area contributed by atoms with Gasteiger partial charge in [0.1, 0.15) is 0 Å². The normalized spacial score (nSPS) is 14.6. The second-order valence-electron chi connectivity index (χ2n) is 6.33. The van der Waals surface area contributed by atoms with E-state index in [1.807, 2.05) is 0 Å². The van der Waals surface area contributed by atoms with Crippen LogP contribution in [0.3, 0.4) is 0 Å². The van der Waals surface area contributed by atoms with Gasteiger partial charge in [0.05, 0.1) is 6.42 Å². The van der Waals surface area contributed by atoms with Gasteiger partial charge >= 0.3 is 0 Å². The van der Waals surface area contributed by atoms with Crippen LogP contribution in [0, 0.1) is 0 Å². The molecule has 1 amide bonds. The van der Waals surface area contributed by atoms with Gasteiger partial charge in [-0.1, -0.05) is 32.0 Å². The Morgan fingerprint density at radius 2 is 1.86 bits per heavy atom. The third-order valence-electron chi connectivity index (χ3n) is 4.82. The van der Waals surface area contributed by atoms with Gasteiger partial charge in [-0.05, 0) is 55.2 Å². The largest absolute Gasteiger partial charge is 0.354 e. The quantitative estimate of drug-likeness (QED) is 0.845. The Kier molecular flexibility index (Phi) is 5.40.